The maximum Gasteiger partial charge on any atom is 0.126 e. The smallest absolute Gasteiger partial charge is 0.126 e. The molecule has 1 rings (SSSR count). The molecule has 0 fully saturated rings. The van der Waals surface area contributed by atoms with Crippen molar-refractivity contribution < 1.29 is 4.74 Å². The van der Waals surface area contributed by atoms with Crippen molar-refractivity contribution in [1.29, 1.82) is 0 Å². The van der Waals surface area contributed by atoms with E-state index in [1.54, 1.807) is 7.11 Å². The van der Waals surface area contributed by atoms with Gasteiger partial charge in [-0.1, -0.05) is 11.6 Å². The Hall–Kier alpha value is -0.810. The van der Waals surface area contributed by atoms with Gasteiger partial charge in [-0.25, -0.2) is 5.43 Å². The van der Waals surface area contributed by atoms with Crippen molar-refractivity contribution in [3.63, 3.8) is 0 Å². The van der Waals surface area contributed by atoms with E-state index >= 15 is 0 Å². The largest absolute Gasteiger partial charge is 0.496 e. The van der Waals surface area contributed by atoms with Crippen molar-refractivity contribution >= 4 is 11.6 Å². The van der Waals surface area contributed by atoms with Crippen molar-refractivity contribution in [3.05, 3.63) is 27.3 Å². The monoisotopic (exact) mass is 257 g/mol. The Balaban J connectivity index is 3.17. The summed E-state index contributed by atoms with van der Waals surface area (Å²) >= 11 is 6.31. The lowest BCUT2D eigenvalue weighted by atomic mass is 9.98. The fourth-order valence-electron chi connectivity index (χ4n) is 1.89. The molecule has 5 heteroatoms. The topological polar surface area (TPSA) is 59.3 Å². The number of benzene rings is 1. The Morgan fingerprint density at radius 1 is 1.18 bits per heavy atom. The van der Waals surface area contributed by atoms with E-state index in [9.17, 15) is 0 Å². The number of nitrogens with two attached hydrogens (primary N) is 1. The lowest BCUT2D eigenvalue weighted by Crippen LogP contribution is -2.33. The van der Waals surface area contributed by atoms with Crippen LogP contribution in [0.2, 0.25) is 5.02 Å². The highest BCUT2D eigenvalue weighted by molar-refractivity contribution is 6.32. The molecule has 17 heavy (non-hydrogen) atoms. The quantitative estimate of drug-likeness (QED) is 0.326. The summed E-state index contributed by atoms with van der Waals surface area (Å²) < 4.78 is 5.47. The SMILES string of the molecule is COc1c(C)c(C)c(Cl)c(C)c1CNCNN. The first-order valence-corrected chi connectivity index (χ1v) is 5.88. The first kappa shape index (κ1) is 14.3. The molecule has 0 bridgehead atoms. The zero-order chi connectivity index (χ0) is 13.0. The summed E-state index contributed by atoms with van der Waals surface area (Å²) in [7, 11) is 1.68. The van der Waals surface area contributed by atoms with Crippen LogP contribution in [0.4, 0.5) is 0 Å². The van der Waals surface area contributed by atoms with E-state index in [0.29, 0.717) is 13.2 Å². The van der Waals surface area contributed by atoms with Gasteiger partial charge in [0.15, 0.2) is 0 Å². The molecule has 0 aliphatic rings. The number of halogens is 1. The van der Waals surface area contributed by atoms with E-state index in [-0.39, 0.29) is 0 Å². The number of hydrogen-bond acceptors (Lipinski definition) is 4. The van der Waals surface area contributed by atoms with E-state index < -0.39 is 0 Å². The summed E-state index contributed by atoms with van der Waals surface area (Å²) in [5.41, 5.74) is 6.84. The maximum absolute atomic E-state index is 6.31. The third-order valence-electron chi connectivity index (χ3n) is 3.02. The molecule has 1 aromatic carbocycles. The van der Waals surface area contributed by atoms with Crippen LogP contribution in [0.5, 0.6) is 5.75 Å². The van der Waals surface area contributed by atoms with Gasteiger partial charge in [0.25, 0.3) is 0 Å². The second-order valence-corrected chi connectivity index (χ2v) is 4.39. The molecule has 1 aromatic rings. The van der Waals surface area contributed by atoms with Crippen molar-refractivity contribution in [2.75, 3.05) is 13.8 Å². The number of rotatable bonds is 5. The van der Waals surface area contributed by atoms with Gasteiger partial charge >= 0.3 is 0 Å². The number of ether oxygens (including phenoxy) is 1. The van der Waals surface area contributed by atoms with Crippen LogP contribution in [0, 0.1) is 20.8 Å². The molecule has 0 spiro atoms. The summed E-state index contributed by atoms with van der Waals surface area (Å²) in [6.07, 6.45) is 0. The summed E-state index contributed by atoms with van der Waals surface area (Å²) in [5, 5.41) is 3.97. The zero-order valence-electron chi connectivity index (χ0n) is 10.8. The average molecular weight is 258 g/mol. The molecule has 0 saturated carbocycles. The van der Waals surface area contributed by atoms with E-state index in [0.717, 1.165) is 33.0 Å². The second kappa shape index (κ2) is 6.21. The molecule has 0 amide bonds. The van der Waals surface area contributed by atoms with E-state index in [1.807, 2.05) is 20.8 Å². The summed E-state index contributed by atoms with van der Waals surface area (Å²) in [6, 6.07) is 0. The lowest BCUT2D eigenvalue weighted by molar-refractivity contribution is 0.403. The molecule has 4 nitrogen and oxygen atoms in total. The predicted octanol–water partition coefficient (Wildman–Crippen LogP) is 1.78. The van der Waals surface area contributed by atoms with Gasteiger partial charge in [-0.05, 0) is 37.5 Å². The van der Waals surface area contributed by atoms with Crippen LogP contribution in [-0.4, -0.2) is 13.8 Å². The molecular formula is C12H20ClN3O. The number of hydrazine groups is 1. The number of nitrogens with one attached hydrogen (secondary N) is 2. The van der Waals surface area contributed by atoms with Gasteiger partial charge in [0, 0.05) is 17.1 Å². The van der Waals surface area contributed by atoms with Gasteiger partial charge in [-0.2, -0.15) is 0 Å². The van der Waals surface area contributed by atoms with E-state index in [2.05, 4.69) is 10.7 Å². The molecule has 0 aliphatic heterocycles. The zero-order valence-corrected chi connectivity index (χ0v) is 11.5. The Morgan fingerprint density at radius 3 is 2.35 bits per heavy atom. The van der Waals surface area contributed by atoms with Crippen LogP contribution in [-0.2, 0) is 6.54 Å². The van der Waals surface area contributed by atoms with Gasteiger partial charge < -0.3 is 4.74 Å². The van der Waals surface area contributed by atoms with Crippen LogP contribution in [0.15, 0.2) is 0 Å². The highest BCUT2D eigenvalue weighted by Gasteiger charge is 2.16. The van der Waals surface area contributed by atoms with Gasteiger partial charge in [-0.15, -0.1) is 0 Å². The van der Waals surface area contributed by atoms with Gasteiger partial charge in [0.1, 0.15) is 5.75 Å². The first-order valence-electron chi connectivity index (χ1n) is 5.50. The summed E-state index contributed by atoms with van der Waals surface area (Å²) in [5.74, 6) is 6.11. The van der Waals surface area contributed by atoms with Crippen LogP contribution < -0.4 is 21.3 Å². The molecule has 0 aromatic heterocycles. The molecule has 4 N–H and O–H groups in total. The molecule has 0 saturated heterocycles. The third-order valence-corrected chi connectivity index (χ3v) is 3.59. The Labute approximate surface area is 107 Å². The minimum Gasteiger partial charge on any atom is -0.496 e. The molecule has 96 valence electrons. The van der Waals surface area contributed by atoms with Crippen molar-refractivity contribution in [1.82, 2.24) is 10.7 Å². The minimum absolute atomic E-state index is 0.535. The highest BCUT2D eigenvalue weighted by atomic mass is 35.5. The van der Waals surface area contributed by atoms with Crippen molar-refractivity contribution in [2.45, 2.75) is 27.3 Å². The maximum atomic E-state index is 6.31. The van der Waals surface area contributed by atoms with Crippen LogP contribution in [0.25, 0.3) is 0 Å². The van der Waals surface area contributed by atoms with Gasteiger partial charge in [0.2, 0.25) is 0 Å². The minimum atomic E-state index is 0.535. The molecule has 0 atom stereocenters. The van der Waals surface area contributed by atoms with Gasteiger partial charge in [-0.3, -0.25) is 11.2 Å². The normalized spacial score (nSPS) is 10.7. The summed E-state index contributed by atoms with van der Waals surface area (Å²) in [4.78, 5) is 0. The fraction of sp³-hybridized carbons (Fsp3) is 0.500. The lowest BCUT2D eigenvalue weighted by Gasteiger charge is -2.19. The molecule has 0 unspecified atom stereocenters. The second-order valence-electron chi connectivity index (χ2n) is 4.01. The van der Waals surface area contributed by atoms with Gasteiger partial charge in [0.05, 0.1) is 13.8 Å². The fourth-order valence-corrected chi connectivity index (χ4v) is 2.15. The molecule has 0 aliphatic carbocycles. The highest BCUT2D eigenvalue weighted by Crippen LogP contribution is 2.35. The van der Waals surface area contributed by atoms with Crippen molar-refractivity contribution in [3.8, 4) is 5.75 Å². The molecular weight excluding hydrogens is 238 g/mol. The van der Waals surface area contributed by atoms with Crippen molar-refractivity contribution in [2.24, 2.45) is 5.84 Å². The molecule has 0 radical (unpaired) electrons. The number of methoxy groups -OCH3 is 1. The molecule has 0 heterocycles. The van der Waals surface area contributed by atoms with E-state index in [4.69, 9.17) is 22.2 Å². The van der Waals surface area contributed by atoms with Crippen LogP contribution in [0.3, 0.4) is 0 Å². The number of hydrogen-bond donors (Lipinski definition) is 3. The Bertz CT molecular complexity index is 407. The Morgan fingerprint density at radius 2 is 1.82 bits per heavy atom. The van der Waals surface area contributed by atoms with Crippen LogP contribution in [0.1, 0.15) is 22.3 Å². The third kappa shape index (κ3) is 2.90. The average Bonchev–Trinajstić information content (AvgIpc) is 2.33. The summed E-state index contributed by atoms with van der Waals surface area (Å²) in [6.45, 7) is 7.23. The van der Waals surface area contributed by atoms with Crippen LogP contribution >= 0.6 is 11.6 Å². The predicted molar refractivity (Wildman–Crippen MR) is 71.2 cm³/mol. The Kier molecular flexibility index (Phi) is 5.21. The standard InChI is InChI=1S/C12H20ClN3O/c1-7-8(2)12(17-4)10(5-15-6-16-14)9(3)11(7)13/h15-16H,5-6,14H2,1-4H3. The first-order chi connectivity index (χ1) is 8.04. The van der Waals surface area contributed by atoms with E-state index in [1.165, 1.54) is 0 Å².